The van der Waals surface area contributed by atoms with Crippen LogP contribution in [0.2, 0.25) is 0 Å². The van der Waals surface area contributed by atoms with Gasteiger partial charge in [0, 0.05) is 51.7 Å². The fraction of sp³-hybridized carbons (Fsp3) is 0.353. The highest BCUT2D eigenvalue weighted by molar-refractivity contribution is 5.85. The number of rotatable bonds is 4. The van der Waals surface area contributed by atoms with Gasteiger partial charge in [-0.25, -0.2) is 4.39 Å². The van der Waals surface area contributed by atoms with Crippen molar-refractivity contribution in [3.05, 3.63) is 59.7 Å². The Bertz CT molecular complexity index is 622. The summed E-state index contributed by atoms with van der Waals surface area (Å²) in [6.07, 6.45) is 3.70. The number of piperazine rings is 1. The summed E-state index contributed by atoms with van der Waals surface area (Å²) in [4.78, 5) is 8.88. The van der Waals surface area contributed by atoms with Crippen molar-refractivity contribution in [2.45, 2.75) is 13.1 Å². The average molecular weight is 374 g/mol. The number of nitrogens with zero attached hydrogens (tertiary/aromatic N) is 3. The van der Waals surface area contributed by atoms with Crippen LogP contribution < -0.4 is 0 Å². The highest BCUT2D eigenvalue weighted by atomic mass is 35.5. The van der Waals surface area contributed by atoms with E-state index in [1.54, 1.807) is 12.3 Å². The van der Waals surface area contributed by atoms with Crippen molar-refractivity contribution in [3.8, 4) is 5.75 Å². The number of aromatic hydroxyl groups is 1. The second-order valence-corrected chi connectivity index (χ2v) is 5.70. The molecule has 7 heteroatoms. The van der Waals surface area contributed by atoms with Crippen LogP contribution in [0.4, 0.5) is 4.39 Å². The number of hydrogen-bond donors (Lipinski definition) is 1. The van der Waals surface area contributed by atoms with Gasteiger partial charge in [-0.05, 0) is 29.3 Å². The van der Waals surface area contributed by atoms with Crippen LogP contribution in [0.15, 0.2) is 42.7 Å². The molecule has 4 nitrogen and oxygen atoms in total. The molecule has 0 spiro atoms. The normalized spacial score (nSPS) is 15.4. The van der Waals surface area contributed by atoms with Gasteiger partial charge in [-0.1, -0.05) is 12.1 Å². The number of aromatic nitrogens is 1. The summed E-state index contributed by atoms with van der Waals surface area (Å²) in [6, 6.07) is 8.63. The summed E-state index contributed by atoms with van der Waals surface area (Å²) in [5, 5.41) is 9.43. The smallest absolute Gasteiger partial charge is 0.164 e. The van der Waals surface area contributed by atoms with E-state index in [2.05, 4.69) is 20.9 Å². The van der Waals surface area contributed by atoms with Crippen molar-refractivity contribution in [1.29, 1.82) is 0 Å². The molecule has 0 saturated carbocycles. The van der Waals surface area contributed by atoms with Crippen LogP contribution >= 0.6 is 24.8 Å². The molecule has 1 saturated heterocycles. The molecule has 2 aromatic rings. The molecule has 1 aromatic heterocycles. The Hall–Kier alpha value is -1.40. The fourth-order valence-electron chi connectivity index (χ4n) is 2.77. The van der Waals surface area contributed by atoms with Crippen LogP contribution in [0.25, 0.3) is 0 Å². The number of benzene rings is 1. The van der Waals surface area contributed by atoms with Crippen LogP contribution in [0, 0.1) is 5.82 Å². The van der Waals surface area contributed by atoms with Crippen LogP contribution in [0.5, 0.6) is 5.75 Å². The highest BCUT2D eigenvalue weighted by Crippen LogP contribution is 2.18. The van der Waals surface area contributed by atoms with E-state index < -0.39 is 5.82 Å². The molecular formula is C17H22Cl2FN3O. The number of phenolic OH excluding ortho intramolecular Hbond substituents is 1. The maximum absolute atomic E-state index is 13.1. The molecule has 2 heterocycles. The van der Waals surface area contributed by atoms with Crippen LogP contribution in [0.1, 0.15) is 11.1 Å². The van der Waals surface area contributed by atoms with Crippen molar-refractivity contribution in [3.63, 3.8) is 0 Å². The summed E-state index contributed by atoms with van der Waals surface area (Å²) >= 11 is 0. The molecule has 1 aliphatic heterocycles. The predicted molar refractivity (Wildman–Crippen MR) is 97.4 cm³/mol. The summed E-state index contributed by atoms with van der Waals surface area (Å²) in [5.74, 6) is -0.835. The maximum atomic E-state index is 13.1. The molecule has 1 fully saturated rings. The Morgan fingerprint density at radius 3 is 2.12 bits per heavy atom. The lowest BCUT2D eigenvalue weighted by Gasteiger charge is -2.34. The monoisotopic (exact) mass is 373 g/mol. The second kappa shape index (κ2) is 9.79. The van der Waals surface area contributed by atoms with Crippen LogP contribution in [-0.2, 0) is 13.1 Å². The van der Waals surface area contributed by atoms with Gasteiger partial charge in [-0.2, -0.15) is 0 Å². The average Bonchev–Trinajstić information content (AvgIpc) is 2.54. The summed E-state index contributed by atoms with van der Waals surface area (Å²) in [7, 11) is 0. The van der Waals surface area contributed by atoms with Crippen molar-refractivity contribution in [2.75, 3.05) is 26.2 Å². The van der Waals surface area contributed by atoms with E-state index in [4.69, 9.17) is 0 Å². The Morgan fingerprint density at radius 2 is 1.58 bits per heavy atom. The topological polar surface area (TPSA) is 39.6 Å². The Balaban J connectivity index is 0.00000144. The lowest BCUT2D eigenvalue weighted by atomic mass is 10.1. The number of halogens is 3. The molecule has 24 heavy (non-hydrogen) atoms. The largest absolute Gasteiger partial charge is 0.505 e. The van der Waals surface area contributed by atoms with Crippen molar-refractivity contribution >= 4 is 24.8 Å². The second-order valence-electron chi connectivity index (χ2n) is 5.70. The molecule has 3 rings (SSSR count). The summed E-state index contributed by atoms with van der Waals surface area (Å²) in [5.41, 5.74) is 2.18. The predicted octanol–water partition coefficient (Wildman–Crippen LogP) is 3.09. The quantitative estimate of drug-likeness (QED) is 0.893. The van der Waals surface area contributed by atoms with E-state index in [0.717, 1.165) is 44.8 Å². The first-order valence-corrected chi connectivity index (χ1v) is 7.52. The molecule has 0 amide bonds. The van der Waals surface area contributed by atoms with Gasteiger partial charge in [-0.3, -0.25) is 14.8 Å². The third-order valence-corrected chi connectivity index (χ3v) is 4.01. The van der Waals surface area contributed by atoms with E-state index >= 15 is 0 Å². The molecule has 0 atom stereocenters. The first-order chi connectivity index (χ1) is 10.7. The van der Waals surface area contributed by atoms with Gasteiger partial charge >= 0.3 is 0 Å². The zero-order chi connectivity index (χ0) is 15.4. The SMILES string of the molecule is Cl.Cl.Oc1cc(CN2CCN(Cc3cccnc3)CC2)ccc1F. The van der Waals surface area contributed by atoms with E-state index in [9.17, 15) is 9.50 Å². The first-order valence-electron chi connectivity index (χ1n) is 7.52. The molecule has 0 bridgehead atoms. The molecule has 1 aromatic carbocycles. The van der Waals surface area contributed by atoms with E-state index in [0.29, 0.717) is 0 Å². The minimum absolute atomic E-state index is 0. The molecule has 132 valence electrons. The molecule has 0 aliphatic carbocycles. The minimum atomic E-state index is -0.565. The third-order valence-electron chi connectivity index (χ3n) is 4.01. The van der Waals surface area contributed by atoms with Crippen LogP contribution in [-0.4, -0.2) is 46.1 Å². The van der Waals surface area contributed by atoms with Gasteiger partial charge in [0.2, 0.25) is 0 Å². The third kappa shape index (κ3) is 5.60. The standard InChI is InChI=1S/C17H20FN3O.2ClH/c18-16-4-3-14(10-17(16)22)12-20-6-8-21(9-7-20)13-15-2-1-5-19-11-15;;/h1-5,10-11,22H,6-9,12-13H2;2*1H. The van der Waals surface area contributed by atoms with Gasteiger partial charge in [0.05, 0.1) is 0 Å². The van der Waals surface area contributed by atoms with Crippen molar-refractivity contribution in [1.82, 2.24) is 14.8 Å². The molecular weight excluding hydrogens is 352 g/mol. The Kier molecular flexibility index (Phi) is 8.42. The Morgan fingerprint density at radius 1 is 0.958 bits per heavy atom. The zero-order valence-electron chi connectivity index (χ0n) is 13.3. The maximum Gasteiger partial charge on any atom is 0.164 e. The number of phenols is 1. The van der Waals surface area contributed by atoms with Gasteiger partial charge in [0.25, 0.3) is 0 Å². The zero-order valence-corrected chi connectivity index (χ0v) is 14.9. The Labute approximate surface area is 154 Å². The highest BCUT2D eigenvalue weighted by Gasteiger charge is 2.17. The van der Waals surface area contributed by atoms with Gasteiger partial charge in [-0.15, -0.1) is 24.8 Å². The molecule has 0 unspecified atom stereocenters. The van der Waals surface area contributed by atoms with Gasteiger partial charge in [0.1, 0.15) is 0 Å². The molecule has 0 radical (unpaired) electrons. The van der Waals surface area contributed by atoms with Crippen molar-refractivity contribution < 1.29 is 9.50 Å². The van der Waals surface area contributed by atoms with Gasteiger partial charge < -0.3 is 5.11 Å². The molecule has 1 N–H and O–H groups in total. The summed E-state index contributed by atoms with van der Waals surface area (Å²) < 4.78 is 13.1. The minimum Gasteiger partial charge on any atom is -0.505 e. The van der Waals surface area contributed by atoms with E-state index in [1.807, 2.05) is 12.3 Å². The first kappa shape index (κ1) is 20.6. The van der Waals surface area contributed by atoms with Crippen molar-refractivity contribution in [2.24, 2.45) is 0 Å². The number of pyridine rings is 1. The lowest BCUT2D eigenvalue weighted by molar-refractivity contribution is 0.122. The lowest BCUT2D eigenvalue weighted by Crippen LogP contribution is -2.45. The fourth-order valence-corrected chi connectivity index (χ4v) is 2.77. The summed E-state index contributed by atoms with van der Waals surface area (Å²) in [6.45, 7) is 5.62. The van der Waals surface area contributed by atoms with Crippen LogP contribution in [0.3, 0.4) is 0 Å². The van der Waals surface area contributed by atoms with E-state index in [-0.39, 0.29) is 30.6 Å². The van der Waals surface area contributed by atoms with E-state index in [1.165, 1.54) is 17.7 Å². The number of hydrogen-bond acceptors (Lipinski definition) is 4. The van der Waals surface area contributed by atoms with Gasteiger partial charge in [0.15, 0.2) is 11.6 Å². The molecule has 1 aliphatic rings.